The Morgan fingerprint density at radius 3 is 2.53 bits per heavy atom. The van der Waals surface area contributed by atoms with E-state index in [9.17, 15) is 4.79 Å². The molecule has 17 heavy (non-hydrogen) atoms. The molecule has 1 aromatic rings. The summed E-state index contributed by atoms with van der Waals surface area (Å²) in [5.74, 6) is 0.772. The van der Waals surface area contributed by atoms with Crippen molar-refractivity contribution in [3.63, 3.8) is 0 Å². The second-order valence-electron chi connectivity index (χ2n) is 4.63. The quantitative estimate of drug-likeness (QED) is 0.819. The summed E-state index contributed by atoms with van der Waals surface area (Å²) >= 11 is 1.71. The zero-order valence-electron chi connectivity index (χ0n) is 10.2. The Morgan fingerprint density at radius 2 is 1.94 bits per heavy atom. The monoisotopic (exact) mass is 249 g/mol. The Bertz CT molecular complexity index is 368. The van der Waals surface area contributed by atoms with Crippen molar-refractivity contribution in [2.24, 2.45) is 5.92 Å². The maximum Gasteiger partial charge on any atom is 0.224 e. The lowest BCUT2D eigenvalue weighted by atomic mass is 10.0. The number of thioether (sulfide) groups is 1. The molecule has 1 aliphatic carbocycles. The van der Waals surface area contributed by atoms with E-state index in [4.69, 9.17) is 0 Å². The predicted octanol–water partition coefficient (Wildman–Crippen LogP) is 3.93. The molecule has 0 aliphatic heterocycles. The van der Waals surface area contributed by atoms with Gasteiger partial charge in [-0.15, -0.1) is 11.8 Å². The SMILES string of the molecule is CSc1ccc(NC(=O)CC2CCCC2)cc1. The maximum atomic E-state index is 11.8. The van der Waals surface area contributed by atoms with Crippen LogP contribution in [0, 0.1) is 5.92 Å². The summed E-state index contributed by atoms with van der Waals surface area (Å²) in [6.45, 7) is 0. The van der Waals surface area contributed by atoms with Gasteiger partial charge in [0.1, 0.15) is 0 Å². The third kappa shape index (κ3) is 3.77. The van der Waals surface area contributed by atoms with Gasteiger partial charge in [-0.1, -0.05) is 12.8 Å². The molecule has 0 heterocycles. The molecular formula is C14H19NOS. The van der Waals surface area contributed by atoms with E-state index in [0.717, 1.165) is 5.69 Å². The van der Waals surface area contributed by atoms with Crippen molar-refractivity contribution >= 4 is 23.4 Å². The lowest BCUT2D eigenvalue weighted by Gasteiger charge is -2.09. The van der Waals surface area contributed by atoms with E-state index >= 15 is 0 Å². The zero-order chi connectivity index (χ0) is 12.1. The van der Waals surface area contributed by atoms with Crippen LogP contribution < -0.4 is 5.32 Å². The number of hydrogen-bond donors (Lipinski definition) is 1. The molecule has 1 N–H and O–H groups in total. The first kappa shape index (κ1) is 12.5. The van der Waals surface area contributed by atoms with E-state index in [-0.39, 0.29) is 5.91 Å². The smallest absolute Gasteiger partial charge is 0.224 e. The maximum absolute atomic E-state index is 11.8. The molecule has 1 saturated carbocycles. The van der Waals surface area contributed by atoms with Crippen molar-refractivity contribution in [2.75, 3.05) is 11.6 Å². The van der Waals surface area contributed by atoms with Gasteiger partial charge in [0.2, 0.25) is 5.91 Å². The van der Waals surface area contributed by atoms with Crippen molar-refractivity contribution in [1.29, 1.82) is 0 Å². The van der Waals surface area contributed by atoms with Crippen molar-refractivity contribution < 1.29 is 4.79 Å². The second kappa shape index (κ2) is 6.10. The lowest BCUT2D eigenvalue weighted by Crippen LogP contribution is -2.14. The molecule has 2 rings (SSSR count). The highest BCUT2D eigenvalue weighted by atomic mass is 32.2. The summed E-state index contributed by atoms with van der Waals surface area (Å²) in [6, 6.07) is 8.02. The average molecular weight is 249 g/mol. The molecule has 1 aromatic carbocycles. The van der Waals surface area contributed by atoms with Gasteiger partial charge in [0.15, 0.2) is 0 Å². The van der Waals surface area contributed by atoms with Gasteiger partial charge >= 0.3 is 0 Å². The lowest BCUT2D eigenvalue weighted by molar-refractivity contribution is -0.117. The minimum atomic E-state index is 0.161. The zero-order valence-corrected chi connectivity index (χ0v) is 11.1. The highest BCUT2D eigenvalue weighted by Gasteiger charge is 2.18. The minimum Gasteiger partial charge on any atom is -0.326 e. The highest BCUT2D eigenvalue weighted by Crippen LogP contribution is 2.27. The van der Waals surface area contributed by atoms with Gasteiger partial charge in [-0.2, -0.15) is 0 Å². The molecule has 1 amide bonds. The van der Waals surface area contributed by atoms with Crippen LogP contribution in [0.5, 0.6) is 0 Å². The fraction of sp³-hybridized carbons (Fsp3) is 0.500. The van der Waals surface area contributed by atoms with Crippen LogP contribution >= 0.6 is 11.8 Å². The molecule has 0 radical (unpaired) electrons. The normalized spacial score (nSPS) is 16.1. The summed E-state index contributed by atoms with van der Waals surface area (Å²) < 4.78 is 0. The molecule has 2 nitrogen and oxygen atoms in total. The molecule has 0 bridgehead atoms. The van der Waals surface area contributed by atoms with Crippen LogP contribution in [0.2, 0.25) is 0 Å². The van der Waals surface area contributed by atoms with Crippen LogP contribution in [0.15, 0.2) is 29.2 Å². The third-order valence-electron chi connectivity index (χ3n) is 3.32. The van der Waals surface area contributed by atoms with Crippen LogP contribution in [-0.2, 0) is 4.79 Å². The Kier molecular flexibility index (Phi) is 4.49. The minimum absolute atomic E-state index is 0.161. The summed E-state index contributed by atoms with van der Waals surface area (Å²) in [7, 11) is 0. The molecular weight excluding hydrogens is 230 g/mol. The molecule has 1 aliphatic rings. The molecule has 0 atom stereocenters. The molecule has 1 fully saturated rings. The molecule has 3 heteroatoms. The number of benzene rings is 1. The van der Waals surface area contributed by atoms with E-state index in [0.29, 0.717) is 12.3 Å². The number of nitrogens with one attached hydrogen (secondary N) is 1. The first-order chi connectivity index (χ1) is 8.28. The fourth-order valence-corrected chi connectivity index (χ4v) is 2.77. The predicted molar refractivity (Wildman–Crippen MR) is 73.4 cm³/mol. The average Bonchev–Trinajstić information content (AvgIpc) is 2.82. The van der Waals surface area contributed by atoms with Gasteiger partial charge in [0.25, 0.3) is 0 Å². The van der Waals surface area contributed by atoms with E-state index < -0.39 is 0 Å². The molecule has 92 valence electrons. The van der Waals surface area contributed by atoms with Crippen LogP contribution in [-0.4, -0.2) is 12.2 Å². The Hall–Kier alpha value is -0.960. The van der Waals surface area contributed by atoms with Crippen LogP contribution in [0.25, 0.3) is 0 Å². The molecule has 0 aromatic heterocycles. The largest absolute Gasteiger partial charge is 0.326 e. The van der Waals surface area contributed by atoms with E-state index in [1.54, 1.807) is 11.8 Å². The van der Waals surface area contributed by atoms with Gasteiger partial charge < -0.3 is 5.32 Å². The summed E-state index contributed by atoms with van der Waals surface area (Å²) in [5.41, 5.74) is 0.908. The number of carbonyl (C=O) groups is 1. The van der Waals surface area contributed by atoms with Gasteiger partial charge in [-0.25, -0.2) is 0 Å². The topological polar surface area (TPSA) is 29.1 Å². The van der Waals surface area contributed by atoms with Crippen LogP contribution in [0.1, 0.15) is 32.1 Å². The number of carbonyl (C=O) groups excluding carboxylic acids is 1. The van der Waals surface area contributed by atoms with Gasteiger partial charge in [0.05, 0.1) is 0 Å². The summed E-state index contributed by atoms with van der Waals surface area (Å²) in [4.78, 5) is 13.0. The van der Waals surface area contributed by atoms with E-state index in [1.165, 1.54) is 30.6 Å². The Labute approximate surface area is 107 Å². The van der Waals surface area contributed by atoms with E-state index in [2.05, 4.69) is 5.32 Å². The van der Waals surface area contributed by atoms with Crippen molar-refractivity contribution in [1.82, 2.24) is 0 Å². The Balaban J connectivity index is 1.84. The van der Waals surface area contributed by atoms with Crippen molar-refractivity contribution in [3.8, 4) is 0 Å². The summed E-state index contributed by atoms with van der Waals surface area (Å²) in [5, 5.41) is 2.97. The van der Waals surface area contributed by atoms with Gasteiger partial charge in [-0.05, 0) is 49.3 Å². The van der Waals surface area contributed by atoms with Gasteiger partial charge in [0, 0.05) is 17.0 Å². The summed E-state index contributed by atoms with van der Waals surface area (Å²) in [6.07, 6.45) is 7.76. The fourth-order valence-electron chi connectivity index (χ4n) is 2.36. The molecule has 0 spiro atoms. The van der Waals surface area contributed by atoms with Crippen molar-refractivity contribution in [2.45, 2.75) is 37.0 Å². The standard InChI is InChI=1S/C14H19NOS/c1-17-13-8-6-12(7-9-13)15-14(16)10-11-4-2-3-5-11/h6-9,11H,2-5,10H2,1H3,(H,15,16). The molecule has 0 unspecified atom stereocenters. The number of anilines is 1. The first-order valence-corrected chi connectivity index (χ1v) is 7.44. The molecule has 0 saturated heterocycles. The van der Waals surface area contributed by atoms with Crippen LogP contribution in [0.3, 0.4) is 0 Å². The number of hydrogen-bond acceptors (Lipinski definition) is 2. The third-order valence-corrected chi connectivity index (χ3v) is 4.07. The second-order valence-corrected chi connectivity index (χ2v) is 5.51. The van der Waals surface area contributed by atoms with Gasteiger partial charge in [-0.3, -0.25) is 4.79 Å². The van der Waals surface area contributed by atoms with E-state index in [1.807, 2.05) is 30.5 Å². The first-order valence-electron chi connectivity index (χ1n) is 6.22. The number of rotatable bonds is 4. The Morgan fingerprint density at radius 1 is 1.29 bits per heavy atom. The number of amides is 1. The van der Waals surface area contributed by atoms with Crippen LogP contribution in [0.4, 0.5) is 5.69 Å². The highest BCUT2D eigenvalue weighted by molar-refractivity contribution is 7.98. The van der Waals surface area contributed by atoms with Crippen molar-refractivity contribution in [3.05, 3.63) is 24.3 Å².